The summed E-state index contributed by atoms with van der Waals surface area (Å²) in [5.41, 5.74) is 0. The van der Waals surface area contributed by atoms with Crippen molar-refractivity contribution in [2.45, 2.75) is 7.43 Å². The Kier molecular flexibility index (Phi) is 4.98. The Balaban J connectivity index is 0.00000144. The van der Waals surface area contributed by atoms with Gasteiger partial charge in [-0.05, 0) is 0 Å². The molecule has 13 heavy (non-hydrogen) atoms. The Morgan fingerprint density at radius 2 is 0.846 bits per heavy atom. The van der Waals surface area contributed by atoms with Crippen molar-refractivity contribution in [2.75, 3.05) is 0 Å². The van der Waals surface area contributed by atoms with Gasteiger partial charge in [0, 0.05) is 0 Å². The fourth-order valence-corrected chi connectivity index (χ4v) is 1.72. The molecule has 0 unspecified atom stereocenters. The summed E-state index contributed by atoms with van der Waals surface area (Å²) in [5.74, 6) is -0.363. The number of aromatic hydroxyl groups is 1. The van der Waals surface area contributed by atoms with Gasteiger partial charge in [0.25, 0.3) is 0 Å². The third-order valence-electron chi connectivity index (χ3n) is 1.19. The maximum Gasteiger partial charge on any atom is 0.155 e. The topological polar surface area (TPSA) is 20.2 Å². The first-order valence-electron chi connectivity index (χ1n) is 2.67. The van der Waals surface area contributed by atoms with Crippen molar-refractivity contribution in [3.63, 3.8) is 0 Å². The molecule has 0 atom stereocenters. The number of halogens is 5. The van der Waals surface area contributed by atoms with E-state index in [0.29, 0.717) is 0 Å². The van der Waals surface area contributed by atoms with Gasteiger partial charge in [-0.1, -0.05) is 65.4 Å². The molecule has 0 heterocycles. The van der Waals surface area contributed by atoms with Gasteiger partial charge in [0.05, 0.1) is 15.1 Å². The van der Waals surface area contributed by atoms with Gasteiger partial charge in [-0.15, -0.1) is 0 Å². The van der Waals surface area contributed by atoms with Crippen LogP contribution < -0.4 is 0 Å². The van der Waals surface area contributed by atoms with E-state index in [-0.39, 0.29) is 38.3 Å². The monoisotopic (exact) mass is 280 g/mol. The van der Waals surface area contributed by atoms with Crippen molar-refractivity contribution < 1.29 is 5.11 Å². The standard InChI is InChI=1S/C6HCl5O.CH4/c7-1-2(8)4(10)6(12)5(11)3(1)9;/h12H;1H4. The van der Waals surface area contributed by atoms with Crippen LogP contribution in [0.1, 0.15) is 7.43 Å². The van der Waals surface area contributed by atoms with Gasteiger partial charge in [0.2, 0.25) is 0 Å². The highest BCUT2D eigenvalue weighted by molar-refractivity contribution is 6.55. The molecule has 6 heteroatoms. The SMILES string of the molecule is C.Oc1c(Cl)c(Cl)c(Cl)c(Cl)c1Cl. The van der Waals surface area contributed by atoms with Crippen LogP contribution in [0.2, 0.25) is 25.1 Å². The van der Waals surface area contributed by atoms with E-state index in [2.05, 4.69) is 0 Å². The Morgan fingerprint density at radius 3 is 1.15 bits per heavy atom. The van der Waals surface area contributed by atoms with E-state index in [9.17, 15) is 5.11 Å². The van der Waals surface area contributed by atoms with Crippen LogP contribution in [0.3, 0.4) is 0 Å². The molecule has 1 N–H and O–H groups in total. The molecule has 0 spiro atoms. The molecule has 0 radical (unpaired) electrons. The Hall–Kier alpha value is 0.470. The minimum Gasteiger partial charge on any atom is -0.505 e. The zero-order chi connectivity index (χ0) is 9.46. The normalized spacial score (nSPS) is 9.62. The first-order valence-corrected chi connectivity index (χ1v) is 4.56. The molecule has 0 bridgehead atoms. The maximum atomic E-state index is 9.20. The second-order valence-electron chi connectivity index (χ2n) is 1.92. The molecular weight excluding hydrogens is 277 g/mol. The van der Waals surface area contributed by atoms with E-state index in [1.165, 1.54) is 0 Å². The van der Waals surface area contributed by atoms with E-state index < -0.39 is 0 Å². The van der Waals surface area contributed by atoms with Crippen LogP contribution in [0.15, 0.2) is 0 Å². The molecular formula is C7H5Cl5O. The number of rotatable bonds is 0. The van der Waals surface area contributed by atoms with Crippen molar-refractivity contribution >= 4 is 58.0 Å². The Morgan fingerprint density at radius 1 is 0.615 bits per heavy atom. The van der Waals surface area contributed by atoms with Crippen molar-refractivity contribution in [3.8, 4) is 5.75 Å². The molecule has 0 fully saturated rings. The van der Waals surface area contributed by atoms with E-state index in [1.54, 1.807) is 0 Å². The molecule has 74 valence electrons. The highest BCUT2D eigenvalue weighted by Crippen LogP contribution is 2.47. The van der Waals surface area contributed by atoms with Gasteiger partial charge in [0.1, 0.15) is 10.0 Å². The lowest BCUT2D eigenvalue weighted by Gasteiger charge is -2.06. The second-order valence-corrected chi connectivity index (χ2v) is 3.81. The van der Waals surface area contributed by atoms with Gasteiger partial charge >= 0.3 is 0 Å². The number of benzene rings is 1. The molecule has 0 saturated heterocycles. The third-order valence-corrected chi connectivity index (χ3v) is 3.44. The molecule has 0 amide bonds. The van der Waals surface area contributed by atoms with Crippen molar-refractivity contribution in [1.29, 1.82) is 0 Å². The summed E-state index contributed by atoms with van der Waals surface area (Å²) >= 11 is 27.9. The smallest absolute Gasteiger partial charge is 0.155 e. The fourth-order valence-electron chi connectivity index (χ4n) is 0.593. The van der Waals surface area contributed by atoms with Crippen LogP contribution in [-0.2, 0) is 0 Å². The highest BCUT2D eigenvalue weighted by atomic mass is 35.5. The number of phenolic OH excluding ortho intramolecular Hbond substituents is 1. The predicted octanol–water partition coefficient (Wildman–Crippen LogP) is 5.30. The number of hydrogen-bond donors (Lipinski definition) is 1. The quantitative estimate of drug-likeness (QED) is 0.506. The molecule has 1 nitrogen and oxygen atoms in total. The molecule has 1 aromatic rings. The minimum atomic E-state index is -0.363. The van der Waals surface area contributed by atoms with Crippen LogP contribution in [-0.4, -0.2) is 5.11 Å². The van der Waals surface area contributed by atoms with Gasteiger partial charge < -0.3 is 5.11 Å². The average molecular weight is 282 g/mol. The summed E-state index contributed by atoms with van der Waals surface area (Å²) in [6.45, 7) is 0. The van der Waals surface area contributed by atoms with E-state index >= 15 is 0 Å². The van der Waals surface area contributed by atoms with Gasteiger partial charge in [-0.2, -0.15) is 0 Å². The molecule has 0 aliphatic rings. The maximum absolute atomic E-state index is 9.20. The first kappa shape index (κ1) is 13.5. The van der Waals surface area contributed by atoms with Gasteiger partial charge in [-0.25, -0.2) is 0 Å². The summed E-state index contributed by atoms with van der Waals surface area (Å²) in [6.07, 6.45) is 0. The Bertz CT molecular complexity index is 231. The molecule has 0 aliphatic heterocycles. The van der Waals surface area contributed by atoms with Crippen LogP contribution in [0.5, 0.6) is 5.75 Å². The lowest BCUT2D eigenvalue weighted by molar-refractivity contribution is 0.476. The van der Waals surface area contributed by atoms with E-state index in [4.69, 9.17) is 58.0 Å². The zero-order valence-corrected chi connectivity index (χ0v) is 9.12. The van der Waals surface area contributed by atoms with Gasteiger partial charge in [-0.3, -0.25) is 0 Å². The van der Waals surface area contributed by atoms with Gasteiger partial charge in [0.15, 0.2) is 5.75 Å². The van der Waals surface area contributed by atoms with Crippen LogP contribution in [0.25, 0.3) is 0 Å². The van der Waals surface area contributed by atoms with Crippen LogP contribution in [0, 0.1) is 0 Å². The van der Waals surface area contributed by atoms with Crippen LogP contribution >= 0.6 is 58.0 Å². The van der Waals surface area contributed by atoms with E-state index in [0.717, 1.165) is 0 Å². The predicted molar refractivity (Wildman–Crippen MR) is 59.9 cm³/mol. The molecule has 1 rings (SSSR count). The molecule has 1 aromatic carbocycles. The van der Waals surface area contributed by atoms with Crippen molar-refractivity contribution in [2.24, 2.45) is 0 Å². The van der Waals surface area contributed by atoms with Crippen molar-refractivity contribution in [3.05, 3.63) is 25.1 Å². The minimum absolute atomic E-state index is 0. The summed E-state index contributed by atoms with van der Waals surface area (Å²) in [7, 11) is 0. The second kappa shape index (κ2) is 4.81. The molecule has 0 aromatic heterocycles. The zero-order valence-electron chi connectivity index (χ0n) is 5.34. The lowest BCUT2D eigenvalue weighted by Crippen LogP contribution is -1.78. The average Bonchev–Trinajstić information content (AvgIpc) is 2.08. The highest BCUT2D eigenvalue weighted by Gasteiger charge is 2.17. The summed E-state index contributed by atoms with van der Waals surface area (Å²) in [6, 6.07) is 0. The van der Waals surface area contributed by atoms with E-state index in [1.807, 2.05) is 0 Å². The number of hydrogen-bond acceptors (Lipinski definition) is 1. The summed E-state index contributed by atoms with van der Waals surface area (Å²) in [4.78, 5) is 0. The largest absolute Gasteiger partial charge is 0.505 e. The molecule has 0 aliphatic carbocycles. The summed E-state index contributed by atoms with van der Waals surface area (Å²) < 4.78 is 0. The lowest BCUT2D eigenvalue weighted by atomic mass is 10.3. The van der Waals surface area contributed by atoms with Crippen LogP contribution in [0.4, 0.5) is 0 Å². The summed E-state index contributed by atoms with van der Waals surface area (Å²) in [5, 5.41) is 9.01. The number of phenols is 1. The first-order chi connectivity index (χ1) is 5.46. The third kappa shape index (κ3) is 2.28. The Labute approximate surface area is 101 Å². The fraction of sp³-hybridized carbons (Fsp3) is 0.143. The molecule has 0 saturated carbocycles. The van der Waals surface area contributed by atoms with Crippen molar-refractivity contribution in [1.82, 2.24) is 0 Å².